The highest BCUT2D eigenvalue weighted by molar-refractivity contribution is 7.53. The van der Waals surface area contributed by atoms with Crippen molar-refractivity contribution >= 4 is 15.3 Å². The Hall–Kier alpha value is 0.100. The Morgan fingerprint density at radius 2 is 0.840 bits per heavy atom. The molecule has 0 bridgehead atoms. The lowest BCUT2D eigenvalue weighted by Gasteiger charge is -2.23. The molecule has 0 heterocycles. The first-order chi connectivity index (χ1) is 11.2. The summed E-state index contributed by atoms with van der Waals surface area (Å²) in [7, 11) is 6.22. The molecule has 0 radical (unpaired) electrons. The summed E-state index contributed by atoms with van der Waals surface area (Å²) < 4.78 is 31.9. The number of rotatable bonds is 8. The van der Waals surface area contributed by atoms with Crippen molar-refractivity contribution in [3.05, 3.63) is 0 Å². The van der Waals surface area contributed by atoms with Crippen molar-refractivity contribution in [3.8, 4) is 0 Å². The second kappa shape index (κ2) is 15.2. The van der Waals surface area contributed by atoms with Gasteiger partial charge in [-0.3, -0.25) is 9.13 Å². The summed E-state index contributed by atoms with van der Waals surface area (Å²) in [6.45, 7) is 0.696. The smallest absolute Gasteiger partial charge is 0.342 e. The normalized spacial score (nSPS) is 12.2. The molecule has 0 aliphatic rings. The molecule has 0 amide bonds. The maximum atomic E-state index is 11.0. The van der Waals surface area contributed by atoms with Gasteiger partial charge in [0.1, 0.15) is 0 Å². The Labute approximate surface area is 151 Å². The first kappa shape index (κ1) is 29.8. The third kappa shape index (κ3) is 14.9. The van der Waals surface area contributed by atoms with Gasteiger partial charge in [0, 0.05) is 0 Å². The molecule has 156 valence electrons. The summed E-state index contributed by atoms with van der Waals surface area (Å²) in [4.78, 5) is 18.2. The zero-order valence-corrected chi connectivity index (χ0v) is 18.3. The maximum Gasteiger partial charge on any atom is 0.342 e. The molecule has 0 aromatic rings. The number of hydrogen-bond acceptors (Lipinski definition) is 5. The molecule has 0 aliphatic heterocycles. The Bertz CT molecular complexity index is 349. The van der Waals surface area contributed by atoms with Crippen LogP contribution in [0.3, 0.4) is 0 Å². The van der Waals surface area contributed by atoms with E-state index in [0.29, 0.717) is 13.2 Å². The van der Waals surface area contributed by atoms with Gasteiger partial charge in [-0.15, -0.1) is 0 Å². The molecule has 0 aromatic heterocycles. The third-order valence-electron chi connectivity index (χ3n) is 2.56. The van der Waals surface area contributed by atoms with Crippen LogP contribution < -0.4 is 0 Å². The van der Waals surface area contributed by atoms with Crippen LogP contribution in [-0.2, 0) is 13.9 Å². The molecular weight excluding hydrogens is 374 g/mol. The van der Waals surface area contributed by atoms with Crippen LogP contribution in [0.1, 0.15) is 0 Å². The van der Waals surface area contributed by atoms with Crippen molar-refractivity contribution in [2.24, 2.45) is 0 Å². The van der Waals surface area contributed by atoms with Gasteiger partial charge in [0.05, 0.1) is 26.4 Å². The van der Waals surface area contributed by atoms with Crippen molar-refractivity contribution in [2.75, 3.05) is 82.8 Å². The third-order valence-corrected chi connectivity index (χ3v) is 6.72. The van der Waals surface area contributed by atoms with E-state index in [1.807, 2.05) is 0 Å². The summed E-state index contributed by atoms with van der Waals surface area (Å²) in [6.07, 6.45) is 0. The van der Waals surface area contributed by atoms with E-state index in [9.17, 15) is 9.13 Å². The highest BCUT2D eigenvalue weighted by Gasteiger charge is 2.24. The predicted octanol–water partition coefficient (Wildman–Crippen LogP) is -0.592. The van der Waals surface area contributed by atoms with Gasteiger partial charge in [-0.1, -0.05) is 0 Å². The molecule has 0 aromatic carbocycles. The summed E-state index contributed by atoms with van der Waals surface area (Å²) in [5.41, 5.74) is 0. The monoisotopic (exact) mass is 410 g/mol. The van der Waals surface area contributed by atoms with E-state index >= 15 is 0 Å². The zero-order valence-electron chi connectivity index (χ0n) is 16.5. The molecule has 11 nitrogen and oxygen atoms in total. The SMILES string of the molecule is CN(C)P(=O)(O)N(C)C.CN(C)P(=O)(O)N(C)C.OCCOCCO. The quantitative estimate of drug-likeness (QED) is 0.302. The molecule has 4 N–H and O–H groups in total. The van der Waals surface area contributed by atoms with E-state index in [0.717, 1.165) is 0 Å². The first-order valence-electron chi connectivity index (χ1n) is 7.35. The van der Waals surface area contributed by atoms with Crippen molar-refractivity contribution in [3.63, 3.8) is 0 Å². The Morgan fingerprint density at radius 3 is 0.920 bits per heavy atom. The van der Waals surface area contributed by atoms with Gasteiger partial charge < -0.3 is 24.7 Å². The Kier molecular flexibility index (Phi) is 18.1. The molecule has 13 heteroatoms. The van der Waals surface area contributed by atoms with Crippen molar-refractivity contribution in [1.82, 2.24) is 18.7 Å². The largest absolute Gasteiger partial charge is 0.394 e. The van der Waals surface area contributed by atoms with Gasteiger partial charge in [0.15, 0.2) is 0 Å². The minimum atomic E-state index is -3.17. The fourth-order valence-corrected chi connectivity index (χ4v) is 2.38. The minimum absolute atomic E-state index is 0.0278. The van der Waals surface area contributed by atoms with Crippen LogP contribution in [0.15, 0.2) is 0 Å². The van der Waals surface area contributed by atoms with Crippen molar-refractivity contribution in [1.29, 1.82) is 0 Å². The zero-order chi connectivity index (χ0) is 20.8. The number of hydrogen-bond donors (Lipinski definition) is 4. The summed E-state index contributed by atoms with van der Waals surface area (Å²) in [5.74, 6) is 0. The minimum Gasteiger partial charge on any atom is -0.394 e. The van der Waals surface area contributed by atoms with Crippen LogP contribution in [0.25, 0.3) is 0 Å². The molecular formula is C12H36N4O7P2. The van der Waals surface area contributed by atoms with Crippen LogP contribution in [0.5, 0.6) is 0 Å². The molecule has 0 aliphatic carbocycles. The molecule has 0 unspecified atom stereocenters. The summed E-state index contributed by atoms with van der Waals surface area (Å²) in [5, 5.41) is 16.2. The Morgan fingerprint density at radius 1 is 0.640 bits per heavy atom. The number of nitrogens with zero attached hydrogens (tertiary/aromatic N) is 4. The second-order valence-corrected chi connectivity index (χ2v) is 10.7. The predicted molar refractivity (Wildman–Crippen MR) is 99.4 cm³/mol. The van der Waals surface area contributed by atoms with E-state index in [1.54, 1.807) is 56.4 Å². The molecule has 25 heavy (non-hydrogen) atoms. The topological polar surface area (TPSA) is 137 Å². The van der Waals surface area contributed by atoms with Gasteiger partial charge in [0.2, 0.25) is 0 Å². The fraction of sp³-hybridized carbons (Fsp3) is 1.00. The van der Waals surface area contributed by atoms with Crippen LogP contribution >= 0.6 is 15.3 Å². The van der Waals surface area contributed by atoms with E-state index in [4.69, 9.17) is 20.0 Å². The molecule has 0 atom stereocenters. The second-order valence-electron chi connectivity index (χ2n) is 5.47. The van der Waals surface area contributed by atoms with Gasteiger partial charge >= 0.3 is 15.3 Å². The fourth-order valence-electron chi connectivity index (χ4n) is 0.947. The van der Waals surface area contributed by atoms with E-state index in [1.165, 1.54) is 18.7 Å². The van der Waals surface area contributed by atoms with Crippen molar-refractivity contribution in [2.45, 2.75) is 0 Å². The van der Waals surface area contributed by atoms with Crippen LogP contribution in [-0.4, -0.2) is 121 Å². The maximum absolute atomic E-state index is 11.0. The molecule has 0 saturated heterocycles. The number of aliphatic hydroxyl groups excluding tert-OH is 2. The average Bonchev–Trinajstić information content (AvgIpc) is 2.48. The summed E-state index contributed by atoms with van der Waals surface area (Å²) in [6, 6.07) is 0. The van der Waals surface area contributed by atoms with E-state index < -0.39 is 15.3 Å². The van der Waals surface area contributed by atoms with Crippen LogP contribution in [0, 0.1) is 0 Å². The first-order valence-corrected chi connectivity index (χ1v) is 10.5. The lowest BCUT2D eigenvalue weighted by atomic mass is 10.7. The molecule has 0 spiro atoms. The van der Waals surface area contributed by atoms with E-state index in [2.05, 4.69) is 4.74 Å². The summed E-state index contributed by atoms with van der Waals surface area (Å²) >= 11 is 0. The number of ether oxygens (including phenoxy) is 1. The number of aliphatic hydroxyl groups is 2. The van der Waals surface area contributed by atoms with Crippen molar-refractivity contribution < 1.29 is 33.9 Å². The molecule has 0 saturated carbocycles. The lowest BCUT2D eigenvalue weighted by Crippen LogP contribution is -2.19. The standard InChI is InChI=1S/2C4H13N2O2P.C4H10O3/c2*1-5(2)9(7,8)6(3)4;5-1-3-7-4-2-6/h2*1-4H3,(H,7,8);5-6H,1-4H2. The molecule has 0 rings (SSSR count). The van der Waals surface area contributed by atoms with Gasteiger partial charge in [-0.25, -0.2) is 18.7 Å². The van der Waals surface area contributed by atoms with Crippen LogP contribution in [0.4, 0.5) is 0 Å². The van der Waals surface area contributed by atoms with Gasteiger partial charge in [-0.05, 0) is 56.4 Å². The molecule has 0 fully saturated rings. The Balaban J connectivity index is -0.000000293. The van der Waals surface area contributed by atoms with Gasteiger partial charge in [0.25, 0.3) is 0 Å². The average molecular weight is 410 g/mol. The van der Waals surface area contributed by atoms with Crippen LogP contribution in [0.2, 0.25) is 0 Å². The van der Waals surface area contributed by atoms with Gasteiger partial charge in [-0.2, -0.15) is 0 Å². The highest BCUT2D eigenvalue weighted by Crippen LogP contribution is 2.44. The van der Waals surface area contributed by atoms with E-state index in [-0.39, 0.29) is 13.2 Å². The highest BCUT2D eigenvalue weighted by atomic mass is 31.2. The lowest BCUT2D eigenvalue weighted by molar-refractivity contribution is 0.0650.